The standard InChI is InChI=1S/C13H12N2O4S/c1-19-13(16)8-7-11-5-4-10-15(11)20(17,18)12-6-2-3-9-14-12/h2-10H,1H3/b8-7+. The van der Waals surface area contributed by atoms with E-state index in [2.05, 4.69) is 9.72 Å². The average Bonchev–Trinajstić information content (AvgIpc) is 2.95. The predicted molar refractivity (Wildman–Crippen MR) is 72.3 cm³/mol. The molecule has 0 spiro atoms. The van der Waals surface area contributed by atoms with Crippen molar-refractivity contribution in [2.45, 2.75) is 5.03 Å². The Morgan fingerprint density at radius 2 is 2.10 bits per heavy atom. The van der Waals surface area contributed by atoms with Gasteiger partial charge in [-0.15, -0.1) is 0 Å². The van der Waals surface area contributed by atoms with Crippen LogP contribution in [0.25, 0.3) is 6.08 Å². The summed E-state index contributed by atoms with van der Waals surface area (Å²) in [5, 5.41) is -0.0658. The highest BCUT2D eigenvalue weighted by atomic mass is 32.2. The highest BCUT2D eigenvalue weighted by molar-refractivity contribution is 7.89. The number of nitrogens with zero attached hydrogens (tertiary/aromatic N) is 2. The van der Waals surface area contributed by atoms with Gasteiger partial charge in [0.15, 0.2) is 5.03 Å². The van der Waals surface area contributed by atoms with Gasteiger partial charge in [-0.05, 0) is 30.3 Å². The van der Waals surface area contributed by atoms with Gasteiger partial charge in [0.25, 0.3) is 10.0 Å². The van der Waals surface area contributed by atoms with Gasteiger partial charge in [-0.25, -0.2) is 13.8 Å². The molecule has 0 saturated carbocycles. The normalized spacial score (nSPS) is 11.7. The van der Waals surface area contributed by atoms with Crippen molar-refractivity contribution in [2.75, 3.05) is 7.11 Å². The van der Waals surface area contributed by atoms with Gasteiger partial charge in [0.05, 0.1) is 12.8 Å². The molecular weight excluding hydrogens is 280 g/mol. The molecule has 2 aromatic rings. The Kier molecular flexibility index (Phi) is 3.99. The van der Waals surface area contributed by atoms with Crippen LogP contribution in [0, 0.1) is 0 Å². The summed E-state index contributed by atoms with van der Waals surface area (Å²) in [7, 11) is -2.53. The minimum Gasteiger partial charge on any atom is -0.466 e. The number of ether oxygens (including phenoxy) is 1. The minimum atomic E-state index is -3.78. The van der Waals surface area contributed by atoms with Crippen molar-refractivity contribution in [1.82, 2.24) is 8.96 Å². The van der Waals surface area contributed by atoms with Crippen LogP contribution in [-0.2, 0) is 19.6 Å². The molecule has 2 aromatic heterocycles. The molecule has 0 unspecified atom stereocenters. The van der Waals surface area contributed by atoms with Gasteiger partial charge in [0, 0.05) is 18.5 Å². The number of methoxy groups -OCH3 is 1. The smallest absolute Gasteiger partial charge is 0.330 e. The van der Waals surface area contributed by atoms with Crippen molar-refractivity contribution in [3.8, 4) is 0 Å². The fourth-order valence-corrected chi connectivity index (χ4v) is 2.83. The summed E-state index contributed by atoms with van der Waals surface area (Å²) in [6.45, 7) is 0. The summed E-state index contributed by atoms with van der Waals surface area (Å²) in [6.07, 6.45) is 5.31. The molecule has 0 aliphatic rings. The quantitative estimate of drug-likeness (QED) is 0.627. The Morgan fingerprint density at radius 1 is 1.30 bits per heavy atom. The maximum atomic E-state index is 12.4. The summed E-state index contributed by atoms with van der Waals surface area (Å²) in [5.41, 5.74) is 0.334. The van der Waals surface area contributed by atoms with Gasteiger partial charge in [-0.1, -0.05) is 6.07 Å². The van der Waals surface area contributed by atoms with Crippen LogP contribution in [0.15, 0.2) is 53.8 Å². The zero-order chi connectivity index (χ0) is 14.6. The second-order valence-electron chi connectivity index (χ2n) is 3.76. The first kappa shape index (κ1) is 14.0. The van der Waals surface area contributed by atoms with E-state index in [0.717, 1.165) is 10.0 Å². The third-order valence-electron chi connectivity index (χ3n) is 2.50. The van der Waals surface area contributed by atoms with Gasteiger partial charge in [-0.2, -0.15) is 8.42 Å². The van der Waals surface area contributed by atoms with Crippen molar-refractivity contribution < 1.29 is 17.9 Å². The molecule has 0 atom stereocenters. The van der Waals surface area contributed by atoms with Crippen LogP contribution in [0.1, 0.15) is 5.69 Å². The van der Waals surface area contributed by atoms with Gasteiger partial charge >= 0.3 is 5.97 Å². The molecule has 0 N–H and O–H groups in total. The Labute approximate surface area is 116 Å². The molecule has 0 fully saturated rings. The SMILES string of the molecule is COC(=O)/C=C/c1cccn1S(=O)(=O)c1ccccn1. The zero-order valence-corrected chi connectivity index (χ0v) is 11.4. The maximum Gasteiger partial charge on any atom is 0.330 e. The fourth-order valence-electron chi connectivity index (χ4n) is 1.55. The number of esters is 1. The molecule has 0 aromatic carbocycles. The lowest BCUT2D eigenvalue weighted by molar-refractivity contribution is -0.134. The summed E-state index contributed by atoms with van der Waals surface area (Å²) in [4.78, 5) is 14.9. The molecular formula is C13H12N2O4S. The third kappa shape index (κ3) is 2.77. The maximum absolute atomic E-state index is 12.4. The zero-order valence-electron chi connectivity index (χ0n) is 10.6. The van der Waals surface area contributed by atoms with E-state index < -0.39 is 16.0 Å². The van der Waals surface area contributed by atoms with Crippen LogP contribution in [0.4, 0.5) is 0 Å². The third-order valence-corrected chi connectivity index (χ3v) is 4.12. The van der Waals surface area contributed by atoms with Crippen LogP contribution < -0.4 is 0 Å². The molecule has 0 aliphatic carbocycles. The number of hydrogen-bond acceptors (Lipinski definition) is 5. The Balaban J connectivity index is 2.42. The highest BCUT2D eigenvalue weighted by Crippen LogP contribution is 2.15. The summed E-state index contributed by atoms with van der Waals surface area (Å²) in [5.74, 6) is -0.562. The van der Waals surface area contributed by atoms with Crippen molar-refractivity contribution >= 4 is 22.1 Å². The monoisotopic (exact) mass is 292 g/mol. The summed E-state index contributed by atoms with van der Waals surface area (Å²) >= 11 is 0. The summed E-state index contributed by atoms with van der Waals surface area (Å²) in [6, 6.07) is 7.76. The largest absolute Gasteiger partial charge is 0.466 e. The van der Waals surface area contributed by atoms with Crippen LogP contribution in [0.2, 0.25) is 0 Å². The van der Waals surface area contributed by atoms with E-state index in [1.165, 1.54) is 31.6 Å². The fraction of sp³-hybridized carbons (Fsp3) is 0.0769. The second-order valence-corrected chi connectivity index (χ2v) is 5.52. The molecule has 0 bridgehead atoms. The van der Waals surface area contributed by atoms with Crippen LogP contribution in [0.3, 0.4) is 0 Å². The molecule has 2 heterocycles. The topological polar surface area (TPSA) is 78.3 Å². The first-order valence-electron chi connectivity index (χ1n) is 5.65. The van der Waals surface area contributed by atoms with Crippen LogP contribution in [-0.4, -0.2) is 30.5 Å². The number of rotatable bonds is 4. The molecule has 7 heteroatoms. The first-order chi connectivity index (χ1) is 9.55. The van der Waals surface area contributed by atoms with Gasteiger partial charge in [0.1, 0.15) is 0 Å². The lowest BCUT2D eigenvalue weighted by Crippen LogP contribution is -2.14. The molecule has 0 radical (unpaired) electrons. The first-order valence-corrected chi connectivity index (χ1v) is 7.09. The van der Waals surface area contributed by atoms with E-state index in [1.54, 1.807) is 24.3 Å². The lowest BCUT2D eigenvalue weighted by atomic mass is 10.4. The number of carbonyl (C=O) groups is 1. The predicted octanol–water partition coefficient (Wildman–Crippen LogP) is 1.31. The molecule has 104 valence electrons. The van der Waals surface area contributed by atoms with Gasteiger partial charge < -0.3 is 4.74 Å². The number of pyridine rings is 1. The summed E-state index contributed by atoms with van der Waals surface area (Å²) < 4.78 is 30.3. The Bertz CT molecular complexity index is 733. The molecule has 0 aliphatic heterocycles. The molecule has 0 amide bonds. The molecule has 20 heavy (non-hydrogen) atoms. The molecule has 0 saturated heterocycles. The Morgan fingerprint density at radius 3 is 2.75 bits per heavy atom. The van der Waals surface area contributed by atoms with Crippen LogP contribution >= 0.6 is 0 Å². The lowest BCUT2D eigenvalue weighted by Gasteiger charge is -2.07. The van der Waals surface area contributed by atoms with Gasteiger partial charge in [-0.3, -0.25) is 0 Å². The van der Waals surface area contributed by atoms with Crippen molar-refractivity contribution in [1.29, 1.82) is 0 Å². The van der Waals surface area contributed by atoms with Gasteiger partial charge in [0.2, 0.25) is 0 Å². The van der Waals surface area contributed by atoms with Crippen molar-refractivity contribution in [2.24, 2.45) is 0 Å². The van der Waals surface area contributed by atoms with E-state index in [1.807, 2.05) is 0 Å². The second kappa shape index (κ2) is 5.70. The van der Waals surface area contributed by atoms with Crippen molar-refractivity contribution in [3.63, 3.8) is 0 Å². The van der Waals surface area contributed by atoms with E-state index in [4.69, 9.17) is 0 Å². The van der Waals surface area contributed by atoms with E-state index >= 15 is 0 Å². The van der Waals surface area contributed by atoms with Crippen molar-refractivity contribution in [3.05, 3.63) is 54.5 Å². The molecule has 6 nitrogen and oxygen atoms in total. The van der Waals surface area contributed by atoms with Crippen LogP contribution in [0.5, 0.6) is 0 Å². The van der Waals surface area contributed by atoms with E-state index in [0.29, 0.717) is 5.69 Å². The molecule has 2 rings (SSSR count). The Hall–Kier alpha value is -2.41. The van der Waals surface area contributed by atoms with E-state index in [-0.39, 0.29) is 5.03 Å². The average molecular weight is 292 g/mol. The minimum absolute atomic E-state index is 0.0658. The number of hydrogen-bond donors (Lipinski definition) is 0. The number of aromatic nitrogens is 2. The number of carbonyl (C=O) groups excluding carboxylic acids is 1. The van der Waals surface area contributed by atoms with E-state index in [9.17, 15) is 13.2 Å². The highest BCUT2D eigenvalue weighted by Gasteiger charge is 2.19.